The molecule has 21 heavy (non-hydrogen) atoms. The third-order valence-electron chi connectivity index (χ3n) is 4.19. The van der Waals surface area contributed by atoms with Crippen LogP contribution in [0.25, 0.3) is 16.5 Å². The number of hydrogen-bond acceptors (Lipinski definition) is 2. The van der Waals surface area contributed by atoms with Gasteiger partial charge in [-0.2, -0.15) is 0 Å². The van der Waals surface area contributed by atoms with Crippen LogP contribution in [0.1, 0.15) is 17.7 Å². The molecule has 0 aliphatic carbocycles. The zero-order chi connectivity index (χ0) is 14.1. The molecule has 0 spiro atoms. The van der Waals surface area contributed by atoms with Crippen LogP contribution in [0, 0.1) is 0 Å². The minimum Gasteiger partial charge on any atom is -0.468 e. The molecule has 4 rings (SSSR count). The van der Waals surface area contributed by atoms with Gasteiger partial charge in [0.1, 0.15) is 5.76 Å². The Hall–Kier alpha value is -2.26. The summed E-state index contributed by atoms with van der Waals surface area (Å²) >= 11 is 0. The van der Waals surface area contributed by atoms with Crippen molar-refractivity contribution < 1.29 is 4.42 Å². The van der Waals surface area contributed by atoms with E-state index in [4.69, 9.17) is 4.42 Å². The van der Waals surface area contributed by atoms with Crippen molar-refractivity contribution in [2.75, 3.05) is 13.1 Å². The largest absolute Gasteiger partial charge is 0.468 e. The van der Waals surface area contributed by atoms with E-state index in [1.54, 1.807) is 6.26 Å². The molecule has 1 aliphatic heterocycles. The van der Waals surface area contributed by atoms with Crippen LogP contribution < -0.4 is 0 Å². The van der Waals surface area contributed by atoms with Crippen LogP contribution in [0.15, 0.2) is 59.4 Å². The molecule has 0 saturated carbocycles. The van der Waals surface area contributed by atoms with Gasteiger partial charge in [0.2, 0.25) is 0 Å². The Balaban J connectivity index is 1.54. The Labute approximate surface area is 123 Å². The Morgan fingerprint density at radius 1 is 1.14 bits per heavy atom. The second-order valence-corrected chi connectivity index (χ2v) is 5.54. The highest BCUT2D eigenvalue weighted by Gasteiger charge is 2.16. The van der Waals surface area contributed by atoms with Gasteiger partial charge in [-0.05, 0) is 30.2 Å². The van der Waals surface area contributed by atoms with E-state index in [2.05, 4.69) is 46.4 Å². The van der Waals surface area contributed by atoms with Gasteiger partial charge in [0.25, 0.3) is 0 Å². The Bertz CT molecular complexity index is 767. The molecule has 1 N–H and O–H groups in total. The first-order valence-electron chi connectivity index (χ1n) is 7.40. The van der Waals surface area contributed by atoms with Gasteiger partial charge >= 0.3 is 0 Å². The van der Waals surface area contributed by atoms with E-state index in [1.165, 1.54) is 22.0 Å². The molecule has 3 heterocycles. The van der Waals surface area contributed by atoms with Gasteiger partial charge in [0.15, 0.2) is 0 Å². The fraction of sp³-hybridized carbons (Fsp3) is 0.222. The molecular weight excluding hydrogens is 260 g/mol. The summed E-state index contributed by atoms with van der Waals surface area (Å²) in [6.07, 6.45) is 7.32. The molecular formula is C18H18N2O. The lowest BCUT2D eigenvalue weighted by Crippen LogP contribution is -2.27. The van der Waals surface area contributed by atoms with Gasteiger partial charge in [0, 0.05) is 35.8 Å². The fourth-order valence-corrected chi connectivity index (χ4v) is 3.06. The van der Waals surface area contributed by atoms with E-state index in [0.717, 1.165) is 31.8 Å². The molecule has 0 bridgehead atoms. The molecule has 1 aliphatic rings. The first kappa shape index (κ1) is 12.5. The SMILES string of the molecule is C1=C(c2c[nH]c3ccccc23)CCN(Cc2ccco2)C1. The first-order chi connectivity index (χ1) is 10.4. The third kappa shape index (κ3) is 2.41. The normalized spacial score (nSPS) is 16.3. The van der Waals surface area contributed by atoms with E-state index < -0.39 is 0 Å². The number of H-pyrrole nitrogens is 1. The number of furan rings is 1. The Morgan fingerprint density at radius 2 is 2.10 bits per heavy atom. The van der Waals surface area contributed by atoms with Crippen LogP contribution in [0.3, 0.4) is 0 Å². The van der Waals surface area contributed by atoms with Crippen molar-refractivity contribution in [3.63, 3.8) is 0 Å². The van der Waals surface area contributed by atoms with Gasteiger partial charge in [-0.1, -0.05) is 24.3 Å². The smallest absolute Gasteiger partial charge is 0.117 e. The van der Waals surface area contributed by atoms with Gasteiger partial charge in [-0.15, -0.1) is 0 Å². The number of nitrogens with one attached hydrogen (secondary N) is 1. The van der Waals surface area contributed by atoms with Gasteiger partial charge in [0.05, 0.1) is 12.8 Å². The predicted octanol–water partition coefficient (Wildman–Crippen LogP) is 4.05. The predicted molar refractivity (Wildman–Crippen MR) is 84.9 cm³/mol. The maximum absolute atomic E-state index is 5.43. The highest BCUT2D eigenvalue weighted by atomic mass is 16.3. The van der Waals surface area contributed by atoms with Crippen LogP contribution >= 0.6 is 0 Å². The number of hydrogen-bond donors (Lipinski definition) is 1. The molecule has 3 nitrogen and oxygen atoms in total. The molecule has 0 radical (unpaired) electrons. The molecule has 3 heteroatoms. The van der Waals surface area contributed by atoms with Crippen molar-refractivity contribution >= 4 is 16.5 Å². The number of para-hydroxylation sites is 1. The van der Waals surface area contributed by atoms with Crippen molar-refractivity contribution in [1.82, 2.24) is 9.88 Å². The second-order valence-electron chi connectivity index (χ2n) is 5.54. The van der Waals surface area contributed by atoms with Crippen molar-refractivity contribution in [2.24, 2.45) is 0 Å². The minimum absolute atomic E-state index is 0.894. The second kappa shape index (κ2) is 5.26. The zero-order valence-corrected chi connectivity index (χ0v) is 11.9. The molecule has 2 aromatic heterocycles. The first-order valence-corrected chi connectivity index (χ1v) is 7.40. The van der Waals surface area contributed by atoms with Crippen LogP contribution in [-0.2, 0) is 6.54 Å². The summed E-state index contributed by atoms with van der Waals surface area (Å²) in [5.41, 5.74) is 4.01. The highest BCUT2D eigenvalue weighted by molar-refractivity contribution is 5.92. The van der Waals surface area contributed by atoms with Crippen LogP contribution in [0.2, 0.25) is 0 Å². The average molecular weight is 278 g/mol. The van der Waals surface area contributed by atoms with Crippen LogP contribution in [0.5, 0.6) is 0 Å². The monoisotopic (exact) mass is 278 g/mol. The summed E-state index contributed by atoms with van der Waals surface area (Å²) in [5, 5.41) is 1.32. The molecule has 0 amide bonds. The number of benzene rings is 1. The van der Waals surface area contributed by atoms with Crippen molar-refractivity contribution in [2.45, 2.75) is 13.0 Å². The fourth-order valence-electron chi connectivity index (χ4n) is 3.06. The number of rotatable bonds is 3. The molecule has 0 saturated heterocycles. The van der Waals surface area contributed by atoms with E-state index in [-0.39, 0.29) is 0 Å². The van der Waals surface area contributed by atoms with E-state index >= 15 is 0 Å². The Kier molecular flexibility index (Phi) is 3.13. The van der Waals surface area contributed by atoms with Crippen LogP contribution in [-0.4, -0.2) is 23.0 Å². The quantitative estimate of drug-likeness (QED) is 0.784. The lowest BCUT2D eigenvalue weighted by atomic mass is 9.99. The molecule has 3 aromatic rings. The molecule has 0 atom stereocenters. The van der Waals surface area contributed by atoms with E-state index in [0.29, 0.717) is 0 Å². The zero-order valence-electron chi connectivity index (χ0n) is 11.9. The lowest BCUT2D eigenvalue weighted by molar-refractivity contribution is 0.267. The van der Waals surface area contributed by atoms with Gasteiger partial charge < -0.3 is 9.40 Å². The summed E-state index contributed by atoms with van der Waals surface area (Å²) in [6, 6.07) is 12.5. The molecule has 1 aromatic carbocycles. The highest BCUT2D eigenvalue weighted by Crippen LogP contribution is 2.29. The maximum Gasteiger partial charge on any atom is 0.117 e. The summed E-state index contributed by atoms with van der Waals surface area (Å²) in [6.45, 7) is 2.95. The van der Waals surface area contributed by atoms with Crippen LogP contribution in [0.4, 0.5) is 0 Å². The third-order valence-corrected chi connectivity index (χ3v) is 4.19. The van der Waals surface area contributed by atoms with E-state index in [1.807, 2.05) is 12.1 Å². The summed E-state index contributed by atoms with van der Waals surface area (Å²) < 4.78 is 5.43. The molecule has 0 fully saturated rings. The Morgan fingerprint density at radius 3 is 2.90 bits per heavy atom. The standard InChI is InChI=1S/C18H18N2O/c1-2-6-18-16(5-1)17(12-19-18)14-7-9-20(10-8-14)13-15-4-3-11-21-15/h1-7,11-12,19H,8-10,13H2. The van der Waals surface area contributed by atoms with Crippen molar-refractivity contribution in [3.05, 3.63) is 66.3 Å². The summed E-state index contributed by atoms with van der Waals surface area (Å²) in [4.78, 5) is 5.78. The number of aromatic amines is 1. The minimum atomic E-state index is 0.894. The lowest BCUT2D eigenvalue weighted by Gasteiger charge is -2.25. The summed E-state index contributed by atoms with van der Waals surface area (Å²) in [5.74, 6) is 1.04. The van der Waals surface area contributed by atoms with Gasteiger partial charge in [-0.3, -0.25) is 4.90 Å². The number of aromatic nitrogens is 1. The topological polar surface area (TPSA) is 32.2 Å². The average Bonchev–Trinajstić information content (AvgIpc) is 3.17. The van der Waals surface area contributed by atoms with Gasteiger partial charge in [-0.25, -0.2) is 0 Å². The molecule has 0 unspecified atom stereocenters. The van der Waals surface area contributed by atoms with Crippen molar-refractivity contribution in [3.8, 4) is 0 Å². The number of fused-ring (bicyclic) bond motifs is 1. The van der Waals surface area contributed by atoms with Crippen molar-refractivity contribution in [1.29, 1.82) is 0 Å². The summed E-state index contributed by atoms with van der Waals surface area (Å²) in [7, 11) is 0. The van der Waals surface area contributed by atoms with E-state index in [9.17, 15) is 0 Å². The number of nitrogens with zero attached hydrogens (tertiary/aromatic N) is 1. The molecule has 106 valence electrons. The maximum atomic E-state index is 5.43.